The zero-order chi connectivity index (χ0) is 23.3. The predicted molar refractivity (Wildman–Crippen MR) is 125 cm³/mol. The van der Waals surface area contributed by atoms with Crippen molar-refractivity contribution in [3.05, 3.63) is 58.7 Å². The van der Waals surface area contributed by atoms with Gasteiger partial charge < -0.3 is 29.6 Å². The number of hydrogen-bond acceptors (Lipinski definition) is 6. The van der Waals surface area contributed by atoms with Gasteiger partial charge in [0.15, 0.2) is 5.96 Å². The molecule has 174 valence electrons. The Morgan fingerprint density at radius 2 is 1.78 bits per heavy atom. The number of esters is 1. The van der Waals surface area contributed by atoms with Gasteiger partial charge in [0.2, 0.25) is 0 Å². The molecule has 8 nitrogen and oxygen atoms in total. The minimum absolute atomic E-state index is 0.387. The van der Waals surface area contributed by atoms with Crippen molar-refractivity contribution in [2.24, 2.45) is 4.99 Å². The van der Waals surface area contributed by atoms with E-state index in [0.29, 0.717) is 50.2 Å². The molecule has 8 heteroatoms. The van der Waals surface area contributed by atoms with Crippen LogP contribution in [0, 0.1) is 6.92 Å². The number of ether oxygens (including phenoxy) is 4. The van der Waals surface area contributed by atoms with Crippen LogP contribution in [-0.4, -0.2) is 53.0 Å². The fourth-order valence-electron chi connectivity index (χ4n) is 3.01. The average molecular weight is 444 g/mol. The van der Waals surface area contributed by atoms with Gasteiger partial charge >= 0.3 is 5.97 Å². The molecule has 0 saturated heterocycles. The van der Waals surface area contributed by atoms with Gasteiger partial charge in [-0.1, -0.05) is 18.2 Å². The largest absolute Gasteiger partial charge is 0.496 e. The van der Waals surface area contributed by atoms with E-state index in [2.05, 4.69) is 21.7 Å². The van der Waals surface area contributed by atoms with E-state index in [1.807, 2.05) is 32.0 Å². The van der Waals surface area contributed by atoms with Gasteiger partial charge in [0.05, 0.1) is 20.8 Å². The number of methoxy groups -OCH3 is 2. The minimum Gasteiger partial charge on any atom is -0.496 e. The maximum absolute atomic E-state index is 11.8. The molecule has 0 saturated carbocycles. The number of nitrogens with zero attached hydrogens (tertiary/aromatic N) is 1. The normalized spacial score (nSPS) is 11.1. The highest BCUT2D eigenvalue weighted by Gasteiger charge is 2.13. The highest BCUT2D eigenvalue weighted by Crippen LogP contribution is 2.22. The van der Waals surface area contributed by atoms with Crippen LogP contribution in [0.3, 0.4) is 0 Å². The summed E-state index contributed by atoms with van der Waals surface area (Å²) < 4.78 is 21.4. The number of aryl methyl sites for hydroxylation is 1. The number of hydrogen-bond donors (Lipinski definition) is 2. The van der Waals surface area contributed by atoms with Crippen LogP contribution in [0.2, 0.25) is 0 Å². The zero-order valence-electron chi connectivity index (χ0n) is 19.5. The van der Waals surface area contributed by atoms with E-state index in [1.165, 1.54) is 14.2 Å². The van der Waals surface area contributed by atoms with Gasteiger partial charge in [0.25, 0.3) is 0 Å². The maximum atomic E-state index is 11.8. The number of carbonyl (C=O) groups is 1. The van der Waals surface area contributed by atoms with Crippen molar-refractivity contribution in [2.75, 3.05) is 41.1 Å². The zero-order valence-corrected chi connectivity index (χ0v) is 19.5. The molecule has 0 aromatic heterocycles. The molecular formula is C24H33N3O5. The maximum Gasteiger partial charge on any atom is 0.341 e. The van der Waals surface area contributed by atoms with Gasteiger partial charge in [0, 0.05) is 32.3 Å². The molecule has 0 fully saturated rings. The Labute approximate surface area is 189 Å². The highest BCUT2D eigenvalue weighted by atomic mass is 16.5. The monoisotopic (exact) mass is 443 g/mol. The Bertz CT molecular complexity index is 915. The molecule has 0 radical (unpaired) electrons. The molecule has 0 aliphatic heterocycles. The van der Waals surface area contributed by atoms with E-state index in [9.17, 15) is 4.79 Å². The third-order valence-corrected chi connectivity index (χ3v) is 4.71. The van der Waals surface area contributed by atoms with Crippen molar-refractivity contribution in [3.8, 4) is 11.5 Å². The first kappa shape index (κ1) is 25.0. The number of rotatable bonds is 11. The van der Waals surface area contributed by atoms with Gasteiger partial charge in [0.1, 0.15) is 23.7 Å². The fourth-order valence-corrected chi connectivity index (χ4v) is 3.01. The van der Waals surface area contributed by atoms with Gasteiger partial charge in [-0.3, -0.25) is 4.99 Å². The third-order valence-electron chi connectivity index (χ3n) is 4.71. The Morgan fingerprint density at radius 1 is 1.00 bits per heavy atom. The van der Waals surface area contributed by atoms with Crippen molar-refractivity contribution in [3.63, 3.8) is 0 Å². The summed E-state index contributed by atoms with van der Waals surface area (Å²) in [5.41, 5.74) is 3.48. The number of guanidine groups is 1. The standard InChI is InChI=1S/C24H33N3O5/c1-6-31-11-12-32-21-13-17(2)7-9-19(21)16-27-24(25-3)26-15-18-8-10-20(23(28)30-5)22(14-18)29-4/h7-10,13-14H,6,11-12,15-16H2,1-5H3,(H2,25,26,27). The molecule has 0 heterocycles. The van der Waals surface area contributed by atoms with Crippen LogP contribution < -0.4 is 20.1 Å². The van der Waals surface area contributed by atoms with E-state index < -0.39 is 5.97 Å². The summed E-state index contributed by atoms with van der Waals surface area (Å²) in [6.07, 6.45) is 0. The second-order valence-corrected chi connectivity index (χ2v) is 6.96. The molecule has 0 spiro atoms. The molecule has 0 atom stereocenters. The second-order valence-electron chi connectivity index (χ2n) is 6.96. The smallest absolute Gasteiger partial charge is 0.341 e. The Hall–Kier alpha value is -3.26. The molecular weight excluding hydrogens is 410 g/mol. The van der Waals surface area contributed by atoms with E-state index in [-0.39, 0.29) is 0 Å². The molecule has 2 N–H and O–H groups in total. The van der Waals surface area contributed by atoms with Crippen molar-refractivity contribution in [1.82, 2.24) is 10.6 Å². The lowest BCUT2D eigenvalue weighted by Gasteiger charge is -2.16. The van der Waals surface area contributed by atoms with E-state index >= 15 is 0 Å². The molecule has 0 aliphatic rings. The van der Waals surface area contributed by atoms with Crippen LogP contribution in [-0.2, 0) is 22.6 Å². The molecule has 0 amide bonds. The minimum atomic E-state index is -0.434. The van der Waals surface area contributed by atoms with Crippen LogP contribution in [0.5, 0.6) is 11.5 Å². The van der Waals surface area contributed by atoms with Crippen LogP contribution in [0.1, 0.15) is 34.0 Å². The first-order chi connectivity index (χ1) is 15.5. The average Bonchev–Trinajstić information content (AvgIpc) is 2.82. The van der Waals surface area contributed by atoms with Gasteiger partial charge in [-0.25, -0.2) is 4.79 Å². The number of benzene rings is 2. The molecule has 2 aromatic rings. The molecule has 2 rings (SSSR count). The quantitative estimate of drug-likeness (QED) is 0.239. The Balaban J connectivity index is 1.97. The summed E-state index contributed by atoms with van der Waals surface area (Å²) in [6, 6.07) is 11.5. The Kier molecular flexibility index (Phi) is 10.3. The highest BCUT2D eigenvalue weighted by molar-refractivity contribution is 5.92. The third kappa shape index (κ3) is 7.46. The lowest BCUT2D eigenvalue weighted by atomic mass is 10.1. The van der Waals surface area contributed by atoms with Crippen molar-refractivity contribution in [2.45, 2.75) is 26.9 Å². The summed E-state index contributed by atoms with van der Waals surface area (Å²) in [4.78, 5) is 16.1. The lowest BCUT2D eigenvalue weighted by Crippen LogP contribution is -2.36. The summed E-state index contributed by atoms with van der Waals surface area (Å²) in [5, 5.41) is 6.57. The van der Waals surface area contributed by atoms with E-state index in [1.54, 1.807) is 19.2 Å². The Morgan fingerprint density at radius 3 is 2.47 bits per heavy atom. The fraction of sp³-hybridized carbons (Fsp3) is 0.417. The molecule has 0 aliphatic carbocycles. The van der Waals surface area contributed by atoms with E-state index in [0.717, 1.165) is 22.4 Å². The van der Waals surface area contributed by atoms with Crippen LogP contribution >= 0.6 is 0 Å². The SMILES string of the molecule is CCOCCOc1cc(C)ccc1CNC(=NC)NCc1ccc(C(=O)OC)c(OC)c1. The second kappa shape index (κ2) is 13.2. The molecule has 32 heavy (non-hydrogen) atoms. The molecule has 2 aromatic carbocycles. The summed E-state index contributed by atoms with van der Waals surface area (Å²) in [6.45, 7) is 6.78. The number of nitrogens with one attached hydrogen (secondary N) is 2. The summed E-state index contributed by atoms with van der Waals surface area (Å²) in [5.74, 6) is 1.50. The molecule has 0 bridgehead atoms. The van der Waals surface area contributed by atoms with Gasteiger partial charge in [-0.2, -0.15) is 0 Å². The van der Waals surface area contributed by atoms with Crippen molar-refractivity contribution >= 4 is 11.9 Å². The first-order valence-electron chi connectivity index (χ1n) is 10.5. The summed E-state index contributed by atoms with van der Waals surface area (Å²) >= 11 is 0. The lowest BCUT2D eigenvalue weighted by molar-refractivity contribution is 0.0597. The number of aliphatic imine (C=N–C) groups is 1. The molecule has 0 unspecified atom stereocenters. The van der Waals surface area contributed by atoms with Crippen molar-refractivity contribution < 1.29 is 23.7 Å². The van der Waals surface area contributed by atoms with E-state index in [4.69, 9.17) is 18.9 Å². The predicted octanol–water partition coefficient (Wildman–Crippen LogP) is 3.07. The first-order valence-corrected chi connectivity index (χ1v) is 10.5. The van der Waals surface area contributed by atoms with Gasteiger partial charge in [-0.15, -0.1) is 0 Å². The van der Waals surface area contributed by atoms with Crippen molar-refractivity contribution in [1.29, 1.82) is 0 Å². The van der Waals surface area contributed by atoms with Crippen LogP contribution in [0.25, 0.3) is 0 Å². The van der Waals surface area contributed by atoms with Crippen LogP contribution in [0.4, 0.5) is 0 Å². The van der Waals surface area contributed by atoms with Crippen LogP contribution in [0.15, 0.2) is 41.4 Å². The van der Waals surface area contributed by atoms with Gasteiger partial charge in [-0.05, 0) is 43.2 Å². The topological polar surface area (TPSA) is 90.4 Å². The number of carbonyl (C=O) groups excluding carboxylic acids is 1. The summed E-state index contributed by atoms with van der Waals surface area (Å²) in [7, 11) is 4.58.